The first-order valence-electron chi connectivity index (χ1n) is 5.11. The maximum absolute atomic E-state index is 11.3. The number of amides is 2. The highest BCUT2D eigenvalue weighted by Crippen LogP contribution is 2.06. The number of piperidine rings is 1. The Morgan fingerprint density at radius 2 is 2.20 bits per heavy atom. The number of rotatable bonds is 2. The standard InChI is InChI=1S/C9H18N4O2/c1-7(14)11-12-9(15)6-13-4-2-3-8(10)5-13/h8H,2-6,10H2,1H3,(H,11,14)(H,12,15)/t8-/m1/s1. The van der Waals surface area contributed by atoms with Crippen LogP contribution in [0, 0.1) is 0 Å². The number of nitrogens with two attached hydrogens (primary N) is 1. The Morgan fingerprint density at radius 3 is 2.80 bits per heavy atom. The van der Waals surface area contributed by atoms with Crippen LogP contribution in [0.1, 0.15) is 19.8 Å². The van der Waals surface area contributed by atoms with Crippen LogP contribution in [0.5, 0.6) is 0 Å². The molecule has 4 N–H and O–H groups in total. The molecule has 0 aromatic heterocycles. The molecule has 2 amide bonds. The van der Waals surface area contributed by atoms with E-state index >= 15 is 0 Å². The second-order valence-corrected chi connectivity index (χ2v) is 3.87. The number of hydrogen-bond donors (Lipinski definition) is 3. The molecule has 1 aliphatic heterocycles. The van der Waals surface area contributed by atoms with Crippen LogP contribution in [0.25, 0.3) is 0 Å². The van der Waals surface area contributed by atoms with Gasteiger partial charge in [0.1, 0.15) is 0 Å². The van der Waals surface area contributed by atoms with Gasteiger partial charge >= 0.3 is 0 Å². The van der Waals surface area contributed by atoms with E-state index in [0.29, 0.717) is 0 Å². The predicted molar refractivity (Wildman–Crippen MR) is 55.6 cm³/mol. The molecule has 0 aromatic rings. The Kier molecular flexibility index (Phi) is 4.51. The van der Waals surface area contributed by atoms with E-state index in [1.54, 1.807) is 0 Å². The molecule has 6 nitrogen and oxygen atoms in total. The van der Waals surface area contributed by atoms with Crippen molar-refractivity contribution in [1.82, 2.24) is 15.8 Å². The molecule has 15 heavy (non-hydrogen) atoms. The zero-order chi connectivity index (χ0) is 11.3. The molecule has 1 heterocycles. The number of nitrogens with one attached hydrogen (secondary N) is 2. The summed E-state index contributed by atoms with van der Waals surface area (Å²) in [5.74, 6) is -0.488. The third-order valence-electron chi connectivity index (χ3n) is 2.29. The zero-order valence-corrected chi connectivity index (χ0v) is 8.95. The van der Waals surface area contributed by atoms with Crippen LogP contribution in [-0.4, -0.2) is 42.4 Å². The molecular formula is C9H18N4O2. The third kappa shape index (κ3) is 4.75. The fourth-order valence-electron chi connectivity index (χ4n) is 1.64. The number of carbonyl (C=O) groups excluding carboxylic acids is 2. The maximum Gasteiger partial charge on any atom is 0.252 e. The van der Waals surface area contributed by atoms with Gasteiger partial charge in [0.05, 0.1) is 6.54 Å². The quantitative estimate of drug-likeness (QED) is 0.492. The molecule has 1 atom stereocenters. The lowest BCUT2D eigenvalue weighted by Crippen LogP contribution is -2.50. The van der Waals surface area contributed by atoms with Gasteiger partial charge in [-0.2, -0.15) is 0 Å². The highest BCUT2D eigenvalue weighted by Gasteiger charge is 2.18. The highest BCUT2D eigenvalue weighted by molar-refractivity contribution is 5.81. The first-order chi connectivity index (χ1) is 7.08. The molecular weight excluding hydrogens is 196 g/mol. The molecule has 0 saturated carbocycles. The normalized spacial score (nSPS) is 22.1. The third-order valence-corrected chi connectivity index (χ3v) is 2.29. The molecule has 0 unspecified atom stereocenters. The van der Waals surface area contributed by atoms with Crippen LogP contribution in [0.2, 0.25) is 0 Å². The average Bonchev–Trinajstić information content (AvgIpc) is 2.15. The van der Waals surface area contributed by atoms with Crippen LogP contribution >= 0.6 is 0 Å². The van der Waals surface area contributed by atoms with Crippen molar-refractivity contribution in [3.8, 4) is 0 Å². The van der Waals surface area contributed by atoms with Gasteiger partial charge in [-0.1, -0.05) is 0 Å². The van der Waals surface area contributed by atoms with Crippen molar-refractivity contribution >= 4 is 11.8 Å². The molecule has 0 spiro atoms. The smallest absolute Gasteiger partial charge is 0.252 e. The van der Waals surface area contributed by atoms with E-state index in [9.17, 15) is 9.59 Å². The van der Waals surface area contributed by atoms with Gasteiger partial charge in [0.25, 0.3) is 5.91 Å². The molecule has 0 radical (unpaired) electrons. The molecule has 86 valence electrons. The fourth-order valence-corrected chi connectivity index (χ4v) is 1.64. The lowest BCUT2D eigenvalue weighted by molar-refractivity contribution is -0.128. The summed E-state index contributed by atoms with van der Waals surface area (Å²) in [6.07, 6.45) is 2.04. The number of likely N-dealkylation sites (tertiary alicyclic amines) is 1. The summed E-state index contributed by atoms with van der Waals surface area (Å²) in [5.41, 5.74) is 10.4. The van der Waals surface area contributed by atoms with E-state index in [-0.39, 0.29) is 24.4 Å². The molecule has 1 fully saturated rings. The van der Waals surface area contributed by atoms with E-state index in [2.05, 4.69) is 10.9 Å². The van der Waals surface area contributed by atoms with Crippen LogP contribution in [0.15, 0.2) is 0 Å². The van der Waals surface area contributed by atoms with E-state index < -0.39 is 0 Å². The summed E-state index contributed by atoms with van der Waals surface area (Å²) in [7, 11) is 0. The highest BCUT2D eigenvalue weighted by atomic mass is 16.2. The topological polar surface area (TPSA) is 87.5 Å². The Labute approximate surface area is 89.1 Å². The Hall–Kier alpha value is -1.14. The van der Waals surface area contributed by atoms with Gasteiger partial charge in [0.15, 0.2) is 0 Å². The largest absolute Gasteiger partial charge is 0.327 e. The van der Waals surface area contributed by atoms with Gasteiger partial charge in [-0.15, -0.1) is 0 Å². The minimum absolute atomic E-state index is 0.160. The van der Waals surface area contributed by atoms with Crippen molar-refractivity contribution < 1.29 is 9.59 Å². The van der Waals surface area contributed by atoms with Crippen LogP contribution < -0.4 is 16.6 Å². The van der Waals surface area contributed by atoms with Crippen molar-refractivity contribution in [2.24, 2.45) is 5.73 Å². The number of carbonyl (C=O) groups is 2. The van der Waals surface area contributed by atoms with Gasteiger partial charge in [-0.05, 0) is 19.4 Å². The Morgan fingerprint density at radius 1 is 1.47 bits per heavy atom. The summed E-state index contributed by atoms with van der Waals surface area (Å²) in [6, 6.07) is 0.160. The maximum atomic E-state index is 11.3. The van der Waals surface area contributed by atoms with E-state index in [0.717, 1.165) is 25.9 Å². The molecule has 0 bridgehead atoms. The summed E-state index contributed by atoms with van der Waals surface area (Å²) >= 11 is 0. The fraction of sp³-hybridized carbons (Fsp3) is 0.778. The molecule has 1 rings (SSSR count). The molecule has 6 heteroatoms. The van der Waals surface area contributed by atoms with Crippen LogP contribution in [0.4, 0.5) is 0 Å². The lowest BCUT2D eigenvalue weighted by atomic mass is 10.1. The second kappa shape index (κ2) is 5.67. The molecule has 0 aliphatic carbocycles. The zero-order valence-electron chi connectivity index (χ0n) is 8.95. The Bertz CT molecular complexity index is 244. The summed E-state index contributed by atoms with van der Waals surface area (Å²) in [5, 5.41) is 0. The first-order valence-corrected chi connectivity index (χ1v) is 5.11. The number of hydrazine groups is 1. The van der Waals surface area contributed by atoms with Gasteiger partial charge in [0, 0.05) is 19.5 Å². The Balaban J connectivity index is 2.22. The van der Waals surface area contributed by atoms with Crippen molar-refractivity contribution in [2.45, 2.75) is 25.8 Å². The van der Waals surface area contributed by atoms with Gasteiger partial charge in [-0.3, -0.25) is 25.3 Å². The minimum Gasteiger partial charge on any atom is -0.327 e. The summed E-state index contributed by atoms with van der Waals surface area (Å²) in [4.78, 5) is 23.8. The van der Waals surface area contributed by atoms with Gasteiger partial charge in [0.2, 0.25) is 5.91 Å². The van der Waals surface area contributed by atoms with Crippen molar-refractivity contribution in [3.63, 3.8) is 0 Å². The predicted octanol–water partition coefficient (Wildman–Crippen LogP) is -1.42. The van der Waals surface area contributed by atoms with E-state index in [1.807, 2.05) is 4.90 Å². The molecule has 0 aromatic carbocycles. The van der Waals surface area contributed by atoms with Crippen molar-refractivity contribution in [1.29, 1.82) is 0 Å². The summed E-state index contributed by atoms with van der Waals surface area (Å²) in [6.45, 7) is 3.26. The molecule has 1 aliphatic rings. The molecule has 1 saturated heterocycles. The lowest BCUT2D eigenvalue weighted by Gasteiger charge is -2.29. The van der Waals surface area contributed by atoms with E-state index in [4.69, 9.17) is 5.73 Å². The SMILES string of the molecule is CC(=O)NNC(=O)CN1CCC[C@@H](N)C1. The number of nitrogens with zero attached hydrogens (tertiary/aromatic N) is 1. The minimum atomic E-state index is -0.279. The monoisotopic (exact) mass is 214 g/mol. The van der Waals surface area contributed by atoms with Gasteiger partial charge < -0.3 is 5.73 Å². The van der Waals surface area contributed by atoms with Gasteiger partial charge in [-0.25, -0.2) is 0 Å². The van der Waals surface area contributed by atoms with E-state index in [1.165, 1.54) is 6.92 Å². The van der Waals surface area contributed by atoms with Crippen molar-refractivity contribution in [3.05, 3.63) is 0 Å². The first kappa shape index (κ1) is 11.9. The summed E-state index contributed by atoms with van der Waals surface area (Å²) < 4.78 is 0. The second-order valence-electron chi connectivity index (χ2n) is 3.87. The van der Waals surface area contributed by atoms with Crippen LogP contribution in [0.3, 0.4) is 0 Å². The van der Waals surface area contributed by atoms with Crippen molar-refractivity contribution in [2.75, 3.05) is 19.6 Å². The average molecular weight is 214 g/mol. The van der Waals surface area contributed by atoms with Crippen LogP contribution in [-0.2, 0) is 9.59 Å². The number of hydrogen-bond acceptors (Lipinski definition) is 4.